The number of aliphatic hydroxyl groups excluding tert-OH is 1. The van der Waals surface area contributed by atoms with Gasteiger partial charge in [0.15, 0.2) is 0 Å². The summed E-state index contributed by atoms with van der Waals surface area (Å²) in [6.45, 7) is 3.32. The van der Waals surface area contributed by atoms with E-state index >= 15 is 0 Å². The highest BCUT2D eigenvalue weighted by Crippen LogP contribution is 2.46. The van der Waals surface area contributed by atoms with Crippen molar-refractivity contribution >= 4 is 29.5 Å². The van der Waals surface area contributed by atoms with E-state index in [0.29, 0.717) is 34.8 Å². The normalized spacial score (nSPS) is 22.4. The molecule has 8 heteroatoms. The number of hydrogen-bond donors (Lipinski definition) is 3. The predicted molar refractivity (Wildman–Crippen MR) is 80.8 cm³/mol. The number of carbonyl (C=O) groups is 3. The fourth-order valence-corrected chi connectivity index (χ4v) is 3.69. The molecule has 0 aromatic carbocycles. The van der Waals surface area contributed by atoms with Crippen LogP contribution in [0.5, 0.6) is 0 Å². The second kappa shape index (κ2) is 6.53. The molecule has 2 aliphatic heterocycles. The maximum atomic E-state index is 12.1. The van der Waals surface area contributed by atoms with Crippen LogP contribution >= 0.6 is 11.8 Å². The van der Waals surface area contributed by atoms with E-state index in [2.05, 4.69) is 5.32 Å². The molecule has 0 spiro atoms. The zero-order chi connectivity index (χ0) is 16.4. The molecule has 1 saturated heterocycles. The lowest BCUT2D eigenvalue weighted by Crippen LogP contribution is -2.53. The van der Waals surface area contributed by atoms with Gasteiger partial charge in [0.2, 0.25) is 5.91 Å². The van der Waals surface area contributed by atoms with E-state index < -0.39 is 5.97 Å². The lowest BCUT2D eigenvalue weighted by Gasteiger charge is -2.39. The second-order valence-electron chi connectivity index (χ2n) is 5.16. The molecule has 22 heavy (non-hydrogen) atoms. The molecule has 1 unspecified atom stereocenters. The molecular formula is C14H18N2O5S. The third-order valence-electron chi connectivity index (χ3n) is 3.63. The second-order valence-corrected chi connectivity index (χ2v) is 6.35. The summed E-state index contributed by atoms with van der Waals surface area (Å²) in [7, 11) is 0. The Labute approximate surface area is 132 Å². The number of rotatable bonds is 6. The Morgan fingerprint density at radius 3 is 2.64 bits per heavy atom. The zero-order valence-electron chi connectivity index (χ0n) is 12.4. The Balaban J connectivity index is 2.12. The van der Waals surface area contributed by atoms with Crippen LogP contribution in [0.3, 0.4) is 0 Å². The van der Waals surface area contributed by atoms with Crippen molar-refractivity contribution in [2.24, 2.45) is 0 Å². The van der Waals surface area contributed by atoms with Gasteiger partial charge in [-0.3, -0.25) is 14.5 Å². The third kappa shape index (κ3) is 2.89. The average Bonchev–Trinajstić information content (AvgIpc) is 2.78. The van der Waals surface area contributed by atoms with Crippen molar-refractivity contribution in [3.63, 3.8) is 0 Å². The number of nitrogens with one attached hydrogen (secondary N) is 1. The number of hydrogen-bond acceptors (Lipinski definition) is 5. The first kappa shape index (κ1) is 16.6. The number of carbonyl (C=O) groups excluding carboxylic acids is 2. The molecule has 0 aromatic heterocycles. The summed E-state index contributed by atoms with van der Waals surface area (Å²) in [6, 6.07) is -0.283. The van der Waals surface area contributed by atoms with Crippen LogP contribution in [0.1, 0.15) is 20.3 Å². The molecular weight excluding hydrogens is 308 g/mol. The first-order valence-electron chi connectivity index (χ1n) is 6.86. The number of fused-ring (bicyclic) bond motifs is 1. The molecule has 0 saturated carbocycles. The topological polar surface area (TPSA) is 107 Å². The molecule has 0 aromatic rings. The Kier molecular flexibility index (Phi) is 4.92. The summed E-state index contributed by atoms with van der Waals surface area (Å²) in [4.78, 5) is 36.3. The van der Waals surface area contributed by atoms with E-state index in [9.17, 15) is 24.6 Å². The van der Waals surface area contributed by atoms with E-state index in [-0.39, 0.29) is 30.2 Å². The zero-order valence-corrected chi connectivity index (χ0v) is 13.2. The summed E-state index contributed by atoms with van der Waals surface area (Å²) in [6.07, 6.45) is 0.449. The average molecular weight is 326 g/mol. The molecule has 7 nitrogen and oxygen atoms in total. The molecule has 3 N–H and O–H groups in total. The highest BCUT2D eigenvalue weighted by Gasteiger charge is 2.52. The molecule has 120 valence electrons. The molecule has 2 rings (SSSR count). The van der Waals surface area contributed by atoms with Crippen LogP contribution in [-0.2, 0) is 14.4 Å². The SMILES string of the molecule is CC(=O)NCCSC1=C(C(=O)O)N2C(=O)/C(=C(\C)CO)C2C1. The first-order chi connectivity index (χ1) is 10.4. The highest BCUT2D eigenvalue weighted by atomic mass is 32.2. The highest BCUT2D eigenvalue weighted by molar-refractivity contribution is 8.03. The van der Waals surface area contributed by atoms with E-state index in [0.717, 1.165) is 0 Å². The third-order valence-corrected chi connectivity index (χ3v) is 4.75. The first-order valence-corrected chi connectivity index (χ1v) is 7.84. The smallest absolute Gasteiger partial charge is 0.353 e. The minimum atomic E-state index is -1.13. The van der Waals surface area contributed by atoms with Crippen molar-refractivity contribution in [3.05, 3.63) is 21.7 Å². The summed E-state index contributed by atoms with van der Waals surface area (Å²) in [5, 5.41) is 21.2. The monoisotopic (exact) mass is 326 g/mol. The van der Waals surface area contributed by atoms with Gasteiger partial charge in [-0.15, -0.1) is 11.8 Å². The maximum Gasteiger partial charge on any atom is 0.353 e. The summed E-state index contributed by atoms with van der Waals surface area (Å²) in [5.74, 6) is -1.06. The molecule has 0 aliphatic carbocycles. The maximum absolute atomic E-state index is 12.1. The summed E-state index contributed by atoms with van der Waals surface area (Å²) in [5.41, 5.74) is 1.12. The Hall–Kier alpha value is -1.80. The lowest BCUT2D eigenvalue weighted by atomic mass is 9.90. The molecule has 2 amide bonds. The van der Waals surface area contributed by atoms with Crippen LogP contribution in [0.15, 0.2) is 21.7 Å². The Bertz CT molecular complexity index is 596. The number of carboxylic acids is 1. The molecule has 1 fully saturated rings. The molecule has 0 bridgehead atoms. The van der Waals surface area contributed by atoms with Crippen LogP contribution in [0.25, 0.3) is 0 Å². The van der Waals surface area contributed by atoms with E-state index in [1.165, 1.54) is 23.6 Å². The number of aliphatic hydroxyl groups is 1. The van der Waals surface area contributed by atoms with Gasteiger partial charge in [-0.2, -0.15) is 0 Å². The van der Waals surface area contributed by atoms with E-state index in [1.807, 2.05) is 0 Å². The van der Waals surface area contributed by atoms with Crippen molar-refractivity contribution in [3.8, 4) is 0 Å². The van der Waals surface area contributed by atoms with Crippen molar-refractivity contribution in [2.75, 3.05) is 18.9 Å². The van der Waals surface area contributed by atoms with Crippen molar-refractivity contribution in [2.45, 2.75) is 26.3 Å². The van der Waals surface area contributed by atoms with Gasteiger partial charge in [-0.1, -0.05) is 0 Å². The van der Waals surface area contributed by atoms with Crippen molar-refractivity contribution in [1.82, 2.24) is 10.2 Å². The van der Waals surface area contributed by atoms with Crippen LogP contribution in [0.2, 0.25) is 0 Å². The Morgan fingerprint density at radius 1 is 1.41 bits per heavy atom. The lowest BCUT2D eigenvalue weighted by molar-refractivity contribution is -0.142. The van der Waals surface area contributed by atoms with Gasteiger partial charge >= 0.3 is 5.97 Å². The van der Waals surface area contributed by atoms with Crippen LogP contribution < -0.4 is 5.32 Å². The number of nitrogens with zero attached hydrogens (tertiary/aromatic N) is 1. The van der Waals surface area contributed by atoms with Crippen LogP contribution in [-0.4, -0.2) is 57.8 Å². The number of amides is 2. The predicted octanol–water partition coefficient (Wildman–Crippen LogP) is 0.0752. The van der Waals surface area contributed by atoms with Gasteiger partial charge < -0.3 is 15.5 Å². The number of β-lactam (4-membered cyclic amide) rings is 1. The molecule has 0 radical (unpaired) electrons. The number of thioether (sulfide) groups is 1. The van der Waals surface area contributed by atoms with Gasteiger partial charge in [0.05, 0.1) is 12.6 Å². The minimum Gasteiger partial charge on any atom is -0.477 e. The minimum absolute atomic E-state index is 0.0253. The fourth-order valence-electron chi connectivity index (χ4n) is 2.64. The Morgan fingerprint density at radius 2 is 2.09 bits per heavy atom. The van der Waals surface area contributed by atoms with Gasteiger partial charge in [-0.05, 0) is 12.5 Å². The van der Waals surface area contributed by atoms with Crippen molar-refractivity contribution < 1.29 is 24.6 Å². The summed E-state index contributed by atoms with van der Waals surface area (Å²) >= 11 is 1.34. The van der Waals surface area contributed by atoms with Gasteiger partial charge in [0.25, 0.3) is 5.91 Å². The van der Waals surface area contributed by atoms with E-state index in [1.54, 1.807) is 6.92 Å². The standard InChI is InChI=1S/C14H18N2O5S/c1-7(6-17)11-9-5-10(22-4-3-15-8(2)18)12(14(20)21)16(9)13(11)19/h9,17H,3-6H2,1-2H3,(H,15,18)(H,20,21)/b11-7+. The number of carboxylic acid groups (broad SMARTS) is 1. The molecule has 1 atom stereocenters. The molecule has 2 heterocycles. The van der Waals surface area contributed by atoms with Crippen LogP contribution in [0.4, 0.5) is 0 Å². The quantitative estimate of drug-likeness (QED) is 0.362. The van der Waals surface area contributed by atoms with Crippen LogP contribution in [0, 0.1) is 0 Å². The molecule has 2 aliphatic rings. The summed E-state index contributed by atoms with van der Waals surface area (Å²) < 4.78 is 0. The fraction of sp³-hybridized carbons (Fsp3) is 0.500. The van der Waals surface area contributed by atoms with Gasteiger partial charge in [0, 0.05) is 36.1 Å². The van der Waals surface area contributed by atoms with Gasteiger partial charge in [0.1, 0.15) is 5.70 Å². The van der Waals surface area contributed by atoms with Gasteiger partial charge in [-0.25, -0.2) is 4.79 Å². The van der Waals surface area contributed by atoms with Crippen molar-refractivity contribution in [1.29, 1.82) is 0 Å². The van der Waals surface area contributed by atoms with E-state index in [4.69, 9.17) is 0 Å². The largest absolute Gasteiger partial charge is 0.477 e. The number of aliphatic carboxylic acids is 1.